The summed E-state index contributed by atoms with van der Waals surface area (Å²) in [5.41, 5.74) is 2.55. The number of ketones is 1. The average molecular weight is 496 g/mol. The number of aliphatic imine (C=N–C) groups is 1. The maximum Gasteiger partial charge on any atom is 0.433 e. The molecule has 0 radical (unpaired) electrons. The van der Waals surface area contributed by atoms with E-state index in [1.165, 1.54) is 12.1 Å². The van der Waals surface area contributed by atoms with Crippen molar-refractivity contribution in [2.75, 3.05) is 13.1 Å². The second-order valence-electron chi connectivity index (χ2n) is 9.43. The van der Waals surface area contributed by atoms with E-state index in [2.05, 4.69) is 14.9 Å². The zero-order valence-electron chi connectivity index (χ0n) is 19.6. The number of halogens is 4. The van der Waals surface area contributed by atoms with Crippen molar-refractivity contribution in [1.82, 2.24) is 9.88 Å². The molecule has 1 atom stereocenters. The lowest BCUT2D eigenvalue weighted by Crippen LogP contribution is -2.36. The van der Waals surface area contributed by atoms with Gasteiger partial charge in [0.25, 0.3) is 0 Å². The number of aromatic nitrogens is 1. The fourth-order valence-electron chi connectivity index (χ4n) is 5.05. The molecule has 4 nitrogen and oxygen atoms in total. The average Bonchev–Trinajstić information content (AvgIpc) is 3.29. The van der Waals surface area contributed by atoms with Crippen LogP contribution in [-0.4, -0.2) is 34.5 Å². The fraction of sp³-hybridized carbons (Fsp3) is 0.321. The van der Waals surface area contributed by atoms with Crippen LogP contribution in [-0.2, 0) is 19.3 Å². The summed E-state index contributed by atoms with van der Waals surface area (Å²) in [6.07, 6.45) is -1.18. The summed E-state index contributed by atoms with van der Waals surface area (Å²) < 4.78 is 53.5. The number of hydrogen-bond acceptors (Lipinski definition) is 4. The Kier molecular flexibility index (Phi) is 6.71. The number of nitrogens with zero attached hydrogens (tertiary/aromatic N) is 3. The van der Waals surface area contributed by atoms with Gasteiger partial charge in [-0.15, -0.1) is 0 Å². The number of likely N-dealkylation sites (tertiary alicyclic amines) is 1. The minimum atomic E-state index is -4.55. The first-order valence-electron chi connectivity index (χ1n) is 12.0. The van der Waals surface area contributed by atoms with Crippen molar-refractivity contribution in [3.63, 3.8) is 0 Å². The fourth-order valence-corrected chi connectivity index (χ4v) is 5.05. The van der Waals surface area contributed by atoms with Crippen LogP contribution in [0.25, 0.3) is 0 Å². The van der Waals surface area contributed by atoms with E-state index in [1.807, 2.05) is 12.1 Å². The predicted molar refractivity (Wildman–Crippen MR) is 128 cm³/mol. The summed E-state index contributed by atoms with van der Waals surface area (Å²) in [7, 11) is 0. The highest BCUT2D eigenvalue weighted by molar-refractivity contribution is 6.16. The third kappa shape index (κ3) is 5.23. The molecule has 0 unspecified atom stereocenters. The number of pyridine rings is 1. The number of carbonyl (C=O) groups is 1. The SMILES string of the molecule is O=C(C[C@@H]1CCCN(Cc2ccccc2F)C1)c1ccc2c(c1)C(c1ccnc(C(F)(F)F)c1)=NC2. The highest BCUT2D eigenvalue weighted by atomic mass is 19.4. The van der Waals surface area contributed by atoms with Gasteiger partial charge in [-0.3, -0.25) is 19.7 Å². The molecule has 0 amide bonds. The number of alkyl halides is 3. The first kappa shape index (κ1) is 24.3. The van der Waals surface area contributed by atoms with Gasteiger partial charge in [-0.1, -0.05) is 30.3 Å². The molecule has 0 bridgehead atoms. The van der Waals surface area contributed by atoms with Crippen LogP contribution < -0.4 is 0 Å². The van der Waals surface area contributed by atoms with Crippen molar-refractivity contribution in [3.8, 4) is 0 Å². The molecule has 36 heavy (non-hydrogen) atoms. The van der Waals surface area contributed by atoms with Crippen LogP contribution >= 0.6 is 0 Å². The topological polar surface area (TPSA) is 45.6 Å². The van der Waals surface area contributed by atoms with Crippen molar-refractivity contribution in [2.24, 2.45) is 10.9 Å². The van der Waals surface area contributed by atoms with Gasteiger partial charge < -0.3 is 0 Å². The van der Waals surface area contributed by atoms with Crippen LogP contribution in [0.5, 0.6) is 0 Å². The van der Waals surface area contributed by atoms with E-state index in [0.717, 1.165) is 43.8 Å². The summed E-state index contributed by atoms with van der Waals surface area (Å²) in [6.45, 7) is 2.46. The van der Waals surface area contributed by atoms with Crippen LogP contribution in [0.2, 0.25) is 0 Å². The Hall–Kier alpha value is -3.39. The lowest BCUT2D eigenvalue weighted by atomic mass is 9.89. The van der Waals surface area contributed by atoms with Gasteiger partial charge in [-0.05, 0) is 55.1 Å². The Morgan fingerprint density at radius 1 is 1.08 bits per heavy atom. The van der Waals surface area contributed by atoms with Crippen molar-refractivity contribution in [1.29, 1.82) is 0 Å². The molecule has 3 heterocycles. The monoisotopic (exact) mass is 495 g/mol. The van der Waals surface area contributed by atoms with Crippen molar-refractivity contribution >= 4 is 11.5 Å². The van der Waals surface area contributed by atoms with Gasteiger partial charge in [0.2, 0.25) is 0 Å². The smallest absolute Gasteiger partial charge is 0.299 e. The highest BCUT2D eigenvalue weighted by Gasteiger charge is 2.33. The molecule has 2 aliphatic rings. The third-order valence-corrected chi connectivity index (χ3v) is 6.85. The molecule has 186 valence electrons. The molecule has 1 aromatic heterocycles. The van der Waals surface area contributed by atoms with E-state index in [4.69, 9.17) is 0 Å². The molecule has 1 fully saturated rings. The number of piperidine rings is 1. The molecule has 3 aromatic rings. The Bertz CT molecular complexity index is 1320. The molecule has 0 spiro atoms. The Morgan fingerprint density at radius 3 is 2.72 bits per heavy atom. The van der Waals surface area contributed by atoms with Gasteiger partial charge in [0, 0.05) is 48.0 Å². The van der Waals surface area contributed by atoms with Crippen LogP contribution in [0.15, 0.2) is 65.8 Å². The van der Waals surface area contributed by atoms with Gasteiger partial charge in [0.1, 0.15) is 11.5 Å². The number of Topliss-reactive ketones (excluding diaryl/α,β-unsaturated/α-hetero) is 1. The van der Waals surface area contributed by atoms with E-state index < -0.39 is 11.9 Å². The van der Waals surface area contributed by atoms with E-state index in [0.29, 0.717) is 47.5 Å². The zero-order valence-corrected chi connectivity index (χ0v) is 19.6. The van der Waals surface area contributed by atoms with E-state index >= 15 is 0 Å². The summed E-state index contributed by atoms with van der Waals surface area (Å²) >= 11 is 0. The standard InChI is InChI=1S/C28H25F4N3O/c29-24-6-2-1-5-22(24)17-35-11-3-4-18(16-35)12-25(36)19-7-8-21-15-34-27(23(21)13-19)20-9-10-33-26(14-20)28(30,31)32/h1-2,5-10,13-14,18H,3-4,11-12,15-17H2/t18-/m0/s1. The van der Waals surface area contributed by atoms with Gasteiger partial charge >= 0.3 is 6.18 Å². The molecule has 8 heteroatoms. The lowest BCUT2D eigenvalue weighted by molar-refractivity contribution is -0.141. The Morgan fingerprint density at radius 2 is 1.92 bits per heavy atom. The first-order chi connectivity index (χ1) is 17.3. The van der Waals surface area contributed by atoms with E-state index in [9.17, 15) is 22.4 Å². The van der Waals surface area contributed by atoms with Crippen molar-refractivity contribution in [3.05, 3.63) is 100 Å². The minimum absolute atomic E-state index is 0.00694. The summed E-state index contributed by atoms with van der Waals surface area (Å²) in [6, 6.07) is 14.6. The zero-order chi connectivity index (χ0) is 25.3. The van der Waals surface area contributed by atoms with Crippen LogP contribution in [0.1, 0.15) is 57.6 Å². The predicted octanol–water partition coefficient (Wildman–Crippen LogP) is 6.08. The molecule has 0 saturated carbocycles. The largest absolute Gasteiger partial charge is 0.433 e. The quantitative estimate of drug-likeness (QED) is 0.308. The van der Waals surface area contributed by atoms with Gasteiger partial charge in [0.05, 0.1) is 12.3 Å². The number of rotatable bonds is 6. The molecular weight excluding hydrogens is 470 g/mol. The summed E-state index contributed by atoms with van der Waals surface area (Å²) in [4.78, 5) is 23.2. The lowest BCUT2D eigenvalue weighted by Gasteiger charge is -2.32. The van der Waals surface area contributed by atoms with Crippen molar-refractivity contribution in [2.45, 2.75) is 38.5 Å². The number of fused-ring (bicyclic) bond motifs is 1. The number of benzene rings is 2. The minimum Gasteiger partial charge on any atom is -0.299 e. The number of hydrogen-bond donors (Lipinski definition) is 0. The van der Waals surface area contributed by atoms with Gasteiger partial charge in [-0.25, -0.2) is 4.39 Å². The Labute approximate surface area is 206 Å². The normalized spacial score (nSPS) is 18.1. The second-order valence-corrected chi connectivity index (χ2v) is 9.43. The molecule has 5 rings (SSSR count). The third-order valence-electron chi connectivity index (χ3n) is 6.85. The van der Waals surface area contributed by atoms with Crippen LogP contribution in [0.4, 0.5) is 17.6 Å². The molecule has 2 aromatic carbocycles. The van der Waals surface area contributed by atoms with E-state index in [1.54, 1.807) is 24.3 Å². The molecule has 1 saturated heterocycles. The number of carbonyl (C=O) groups excluding carboxylic acids is 1. The highest BCUT2D eigenvalue weighted by Crippen LogP contribution is 2.31. The van der Waals surface area contributed by atoms with Gasteiger partial charge in [0.15, 0.2) is 5.78 Å². The van der Waals surface area contributed by atoms with Crippen LogP contribution in [0.3, 0.4) is 0 Å². The van der Waals surface area contributed by atoms with Crippen molar-refractivity contribution < 1.29 is 22.4 Å². The first-order valence-corrected chi connectivity index (χ1v) is 12.0. The Balaban J connectivity index is 1.29. The second kappa shape index (κ2) is 9.93. The maximum absolute atomic E-state index is 14.1. The molecule has 2 aliphatic heterocycles. The summed E-state index contributed by atoms with van der Waals surface area (Å²) in [5, 5.41) is 0. The van der Waals surface area contributed by atoms with E-state index in [-0.39, 0.29) is 17.5 Å². The molecular formula is C28H25F4N3O. The summed E-state index contributed by atoms with van der Waals surface area (Å²) in [5.74, 6) is -0.0654. The molecule has 0 aliphatic carbocycles. The van der Waals surface area contributed by atoms with Crippen LogP contribution in [0, 0.1) is 11.7 Å². The molecule has 0 N–H and O–H groups in total. The van der Waals surface area contributed by atoms with Gasteiger partial charge in [-0.2, -0.15) is 13.2 Å². The maximum atomic E-state index is 14.1.